The predicted octanol–water partition coefficient (Wildman–Crippen LogP) is 4.77. The predicted molar refractivity (Wildman–Crippen MR) is 147 cm³/mol. The van der Waals surface area contributed by atoms with Crippen LogP contribution in [0.15, 0.2) is 102 Å². The molecule has 0 bridgehead atoms. The molecule has 0 spiro atoms. The Morgan fingerprint density at radius 2 is 1.34 bits per heavy atom. The molecule has 4 aromatic rings. The summed E-state index contributed by atoms with van der Waals surface area (Å²) in [5, 5.41) is 3.17. The number of hydrogen-bond acceptors (Lipinski definition) is 7. The topological polar surface area (TPSA) is 124 Å². The van der Waals surface area contributed by atoms with Gasteiger partial charge in [0.25, 0.3) is 5.91 Å². The molecule has 2 unspecified atom stereocenters. The second kappa shape index (κ2) is 10.1. The third-order valence-corrected chi connectivity index (χ3v) is 7.51. The number of allylic oxidation sites excluding steroid dienone is 2. The molecule has 1 aliphatic heterocycles. The summed E-state index contributed by atoms with van der Waals surface area (Å²) in [5.74, 6) is -7.39. The molecule has 0 fully saturated rings. The van der Waals surface area contributed by atoms with Gasteiger partial charge in [0.1, 0.15) is 22.8 Å². The molecule has 1 heterocycles. The quantitative estimate of drug-likeness (QED) is 0.155. The van der Waals surface area contributed by atoms with Crippen LogP contribution in [0.4, 0.5) is 0 Å². The van der Waals surface area contributed by atoms with Gasteiger partial charge in [0.05, 0.1) is 5.56 Å². The van der Waals surface area contributed by atoms with Crippen LogP contribution < -0.4 is 5.32 Å². The van der Waals surface area contributed by atoms with Crippen molar-refractivity contribution >= 4 is 57.4 Å². The van der Waals surface area contributed by atoms with Crippen molar-refractivity contribution in [2.75, 3.05) is 0 Å². The van der Waals surface area contributed by atoms with Crippen LogP contribution in [0, 0.1) is 5.92 Å². The smallest absolute Gasteiger partial charge is 0.339 e. The molecular formula is C32H18ClNO7. The Hall–Kier alpha value is -5.21. The molecule has 2 aliphatic rings. The van der Waals surface area contributed by atoms with Crippen LogP contribution >= 0.6 is 11.6 Å². The number of Topliss-reactive ketones (excluding diaryl/α,β-unsaturated/α-hetero) is 4. The van der Waals surface area contributed by atoms with E-state index in [1.807, 2.05) is 12.1 Å². The minimum Gasteiger partial charge on any atom is -0.453 e. The molecule has 6 rings (SSSR count). The number of carbonyl (C=O) groups is 6. The number of ketones is 4. The van der Waals surface area contributed by atoms with Gasteiger partial charge in [0.2, 0.25) is 17.3 Å². The van der Waals surface area contributed by atoms with Crippen LogP contribution in [0.1, 0.15) is 53.1 Å². The SMILES string of the molecule is O=C(NC1=C(Cl)C(=O)c2ccccc2C1=O)C(=O)C(C(=O)c1ccc2ccccc2c1)C1OC(=O)c2ccccc21. The Balaban J connectivity index is 1.39. The van der Waals surface area contributed by atoms with Crippen molar-refractivity contribution in [1.82, 2.24) is 5.32 Å². The zero-order chi connectivity index (χ0) is 28.8. The fourth-order valence-electron chi connectivity index (χ4n) is 5.11. The number of cyclic esters (lactones) is 1. The van der Waals surface area contributed by atoms with Crippen LogP contribution in [-0.4, -0.2) is 35.0 Å². The van der Waals surface area contributed by atoms with E-state index in [0.29, 0.717) is 0 Å². The average molecular weight is 564 g/mol. The fourth-order valence-corrected chi connectivity index (χ4v) is 5.35. The van der Waals surface area contributed by atoms with Crippen molar-refractivity contribution in [3.63, 3.8) is 0 Å². The zero-order valence-electron chi connectivity index (χ0n) is 21.1. The lowest BCUT2D eigenvalue weighted by atomic mass is 9.84. The number of carbonyl (C=O) groups excluding carboxylic acids is 6. The summed E-state index contributed by atoms with van der Waals surface area (Å²) >= 11 is 6.16. The van der Waals surface area contributed by atoms with Gasteiger partial charge in [0.15, 0.2) is 5.78 Å². The van der Waals surface area contributed by atoms with E-state index in [1.54, 1.807) is 42.5 Å². The van der Waals surface area contributed by atoms with Crippen molar-refractivity contribution in [2.24, 2.45) is 5.92 Å². The first kappa shape index (κ1) is 26.0. The Morgan fingerprint density at radius 3 is 2.07 bits per heavy atom. The zero-order valence-corrected chi connectivity index (χ0v) is 21.8. The number of rotatable bonds is 6. The molecule has 1 amide bonds. The summed E-state index contributed by atoms with van der Waals surface area (Å²) in [4.78, 5) is 79.5. The highest BCUT2D eigenvalue weighted by molar-refractivity contribution is 6.51. The van der Waals surface area contributed by atoms with Crippen LogP contribution in [0.2, 0.25) is 0 Å². The Kier molecular flexibility index (Phi) is 6.40. The molecular weight excluding hydrogens is 546 g/mol. The minimum absolute atomic E-state index is 0.00656. The van der Waals surface area contributed by atoms with Crippen molar-refractivity contribution in [3.05, 3.63) is 130 Å². The van der Waals surface area contributed by atoms with Gasteiger partial charge < -0.3 is 10.1 Å². The number of esters is 1. The van der Waals surface area contributed by atoms with Gasteiger partial charge in [-0.3, -0.25) is 24.0 Å². The van der Waals surface area contributed by atoms with Crippen molar-refractivity contribution < 1.29 is 33.5 Å². The van der Waals surface area contributed by atoms with E-state index < -0.39 is 57.8 Å². The van der Waals surface area contributed by atoms with E-state index in [-0.39, 0.29) is 27.8 Å². The van der Waals surface area contributed by atoms with E-state index in [2.05, 4.69) is 5.32 Å². The highest BCUT2D eigenvalue weighted by Crippen LogP contribution is 2.38. The first-order valence-corrected chi connectivity index (χ1v) is 12.9. The lowest BCUT2D eigenvalue weighted by Crippen LogP contribution is -2.43. The largest absolute Gasteiger partial charge is 0.453 e. The summed E-state index contributed by atoms with van der Waals surface area (Å²) in [7, 11) is 0. The molecule has 1 aliphatic carbocycles. The number of halogens is 1. The van der Waals surface area contributed by atoms with Gasteiger partial charge in [-0.1, -0.05) is 90.5 Å². The second-order valence-electron chi connectivity index (χ2n) is 9.53. The molecule has 4 aromatic carbocycles. The lowest BCUT2D eigenvalue weighted by Gasteiger charge is -2.22. The summed E-state index contributed by atoms with van der Waals surface area (Å²) in [6.45, 7) is 0. The monoisotopic (exact) mass is 563 g/mol. The molecule has 0 saturated heterocycles. The normalized spacial score (nSPS) is 16.6. The minimum atomic E-state index is -1.79. The first-order chi connectivity index (χ1) is 19.8. The molecule has 8 nitrogen and oxygen atoms in total. The van der Waals surface area contributed by atoms with Crippen molar-refractivity contribution in [1.29, 1.82) is 0 Å². The van der Waals surface area contributed by atoms with Crippen LogP contribution in [-0.2, 0) is 14.3 Å². The number of nitrogens with one attached hydrogen (secondary N) is 1. The van der Waals surface area contributed by atoms with Crippen molar-refractivity contribution in [2.45, 2.75) is 6.10 Å². The second-order valence-corrected chi connectivity index (χ2v) is 9.91. The maximum absolute atomic E-state index is 13.9. The molecule has 9 heteroatoms. The maximum atomic E-state index is 13.9. The molecule has 2 atom stereocenters. The molecule has 200 valence electrons. The van der Waals surface area contributed by atoms with E-state index >= 15 is 0 Å². The van der Waals surface area contributed by atoms with E-state index in [1.165, 1.54) is 36.4 Å². The number of benzene rings is 4. The highest BCUT2D eigenvalue weighted by atomic mass is 35.5. The number of fused-ring (bicyclic) bond motifs is 3. The van der Waals surface area contributed by atoms with E-state index in [0.717, 1.165) is 10.8 Å². The summed E-state index contributed by atoms with van der Waals surface area (Å²) < 4.78 is 5.47. The first-order valence-electron chi connectivity index (χ1n) is 12.5. The molecule has 1 N–H and O–H groups in total. The van der Waals surface area contributed by atoms with Gasteiger partial charge in [0, 0.05) is 22.3 Å². The van der Waals surface area contributed by atoms with Crippen LogP contribution in [0.5, 0.6) is 0 Å². The third-order valence-electron chi connectivity index (χ3n) is 7.15. The van der Waals surface area contributed by atoms with Gasteiger partial charge in [-0.05, 0) is 22.9 Å². The number of hydrogen-bond donors (Lipinski definition) is 1. The van der Waals surface area contributed by atoms with Gasteiger partial charge in [-0.15, -0.1) is 0 Å². The molecule has 0 aromatic heterocycles. The Morgan fingerprint density at radius 1 is 0.732 bits per heavy atom. The standard InChI is InChI=1S/C32H18ClNO7/c33-24-25(28(37)20-10-4-3-9-19(20)27(24)36)34-31(39)29(38)23(30-21-11-5-6-12-22(21)32(40)41-30)26(35)18-14-13-16-7-1-2-8-17(16)15-18/h1-15,23,30H,(H,34,39). The number of amides is 1. The maximum Gasteiger partial charge on any atom is 0.339 e. The molecule has 41 heavy (non-hydrogen) atoms. The lowest BCUT2D eigenvalue weighted by molar-refractivity contribution is -0.140. The van der Waals surface area contributed by atoms with Gasteiger partial charge >= 0.3 is 5.97 Å². The molecule has 0 radical (unpaired) electrons. The summed E-state index contributed by atoms with van der Waals surface area (Å²) in [5.41, 5.74) is 0.0443. The Labute approximate surface area is 237 Å². The summed E-state index contributed by atoms with van der Waals surface area (Å²) in [6.07, 6.45) is -1.40. The van der Waals surface area contributed by atoms with Gasteiger partial charge in [-0.25, -0.2) is 4.79 Å². The van der Waals surface area contributed by atoms with Crippen molar-refractivity contribution in [3.8, 4) is 0 Å². The highest BCUT2D eigenvalue weighted by Gasteiger charge is 2.47. The Bertz CT molecular complexity index is 1890. The van der Waals surface area contributed by atoms with Gasteiger partial charge in [-0.2, -0.15) is 0 Å². The fraction of sp³-hybridized carbons (Fsp3) is 0.0625. The average Bonchev–Trinajstić information content (AvgIpc) is 3.33. The summed E-state index contributed by atoms with van der Waals surface area (Å²) in [6, 6.07) is 24.2. The molecule has 0 saturated carbocycles. The van der Waals surface area contributed by atoms with Crippen LogP contribution in [0.25, 0.3) is 10.8 Å². The number of ether oxygens (including phenoxy) is 1. The van der Waals surface area contributed by atoms with Crippen LogP contribution in [0.3, 0.4) is 0 Å². The van der Waals surface area contributed by atoms with E-state index in [4.69, 9.17) is 16.3 Å². The third kappa shape index (κ3) is 4.34. The van der Waals surface area contributed by atoms with E-state index in [9.17, 15) is 28.8 Å².